The summed E-state index contributed by atoms with van der Waals surface area (Å²) >= 11 is 1.50. The normalized spacial score (nSPS) is 12.3. The van der Waals surface area contributed by atoms with Gasteiger partial charge in [-0.1, -0.05) is 20.8 Å². The number of aliphatic carboxylic acids is 1. The molecule has 0 heterocycles. The zero-order valence-corrected chi connectivity index (χ0v) is 7.23. The molecule has 1 N–H and O–H groups in total. The molecule has 0 aliphatic rings. The van der Waals surface area contributed by atoms with Gasteiger partial charge in [0.1, 0.15) is 0 Å². The van der Waals surface area contributed by atoms with Crippen molar-refractivity contribution in [3.8, 4) is 0 Å². The first-order valence-electron chi connectivity index (χ1n) is 2.99. The molecule has 0 aliphatic carbocycles. The summed E-state index contributed by atoms with van der Waals surface area (Å²) in [6.07, 6.45) is 1.15. The third-order valence-corrected chi connectivity index (χ3v) is 1.61. The quantitative estimate of drug-likeness (QED) is 0.629. The minimum Gasteiger partial charge on any atom is -0.478 e. The van der Waals surface area contributed by atoms with E-state index in [0.29, 0.717) is 0 Å². The van der Waals surface area contributed by atoms with Gasteiger partial charge >= 0.3 is 5.97 Å². The van der Waals surface area contributed by atoms with Gasteiger partial charge in [0, 0.05) is 10.8 Å². The Morgan fingerprint density at radius 1 is 1.50 bits per heavy atom. The number of carboxylic acids is 1. The number of carbonyl (C=O) groups is 1. The van der Waals surface area contributed by atoms with Gasteiger partial charge in [0.25, 0.3) is 0 Å². The van der Waals surface area contributed by atoms with E-state index >= 15 is 0 Å². The number of carboxylic acid groups (broad SMARTS) is 1. The van der Waals surface area contributed by atoms with Crippen LogP contribution in [0.25, 0.3) is 0 Å². The second-order valence-corrected chi connectivity index (χ2v) is 4.60. The molecule has 0 aromatic carbocycles. The number of thioether (sulfide) groups is 1. The highest BCUT2D eigenvalue weighted by Crippen LogP contribution is 2.23. The number of hydrogen-bond acceptors (Lipinski definition) is 2. The largest absolute Gasteiger partial charge is 0.478 e. The van der Waals surface area contributed by atoms with Crippen LogP contribution in [-0.4, -0.2) is 15.8 Å². The monoisotopic (exact) mass is 160 g/mol. The van der Waals surface area contributed by atoms with Crippen LogP contribution >= 0.6 is 11.8 Å². The van der Waals surface area contributed by atoms with Crippen molar-refractivity contribution in [2.24, 2.45) is 0 Å². The summed E-state index contributed by atoms with van der Waals surface area (Å²) in [4.78, 5) is 9.99. The molecule has 0 fully saturated rings. The Morgan fingerprint density at radius 3 is 2.30 bits per heavy atom. The Hall–Kier alpha value is -0.440. The Bertz CT molecular complexity index is 144. The van der Waals surface area contributed by atoms with Crippen LogP contribution in [0.15, 0.2) is 11.5 Å². The molecule has 0 aliphatic heterocycles. The highest BCUT2D eigenvalue weighted by molar-refractivity contribution is 8.03. The van der Waals surface area contributed by atoms with Crippen LogP contribution in [0.4, 0.5) is 0 Å². The lowest BCUT2D eigenvalue weighted by atomic mass is 10.3. The predicted octanol–water partition coefficient (Wildman–Crippen LogP) is 2.12. The average Bonchev–Trinajstić information content (AvgIpc) is 1.59. The molecule has 0 spiro atoms. The SMILES string of the molecule is CC(C)(C)S/C=C/C(=O)O. The zero-order valence-electron chi connectivity index (χ0n) is 6.42. The van der Waals surface area contributed by atoms with Crippen LogP contribution in [0.3, 0.4) is 0 Å². The van der Waals surface area contributed by atoms with E-state index in [9.17, 15) is 4.79 Å². The van der Waals surface area contributed by atoms with E-state index in [4.69, 9.17) is 5.11 Å². The molecule has 2 nitrogen and oxygen atoms in total. The van der Waals surface area contributed by atoms with E-state index in [1.54, 1.807) is 5.41 Å². The van der Waals surface area contributed by atoms with Crippen molar-refractivity contribution in [1.82, 2.24) is 0 Å². The fourth-order valence-corrected chi connectivity index (χ4v) is 0.889. The lowest BCUT2D eigenvalue weighted by molar-refractivity contribution is -0.131. The minimum atomic E-state index is -0.892. The first-order chi connectivity index (χ1) is 4.42. The molecule has 0 bridgehead atoms. The molecule has 0 unspecified atom stereocenters. The van der Waals surface area contributed by atoms with Crippen molar-refractivity contribution in [3.63, 3.8) is 0 Å². The van der Waals surface area contributed by atoms with Gasteiger partial charge in [0.15, 0.2) is 0 Å². The minimum absolute atomic E-state index is 0.103. The van der Waals surface area contributed by atoms with Gasteiger partial charge < -0.3 is 5.11 Å². The van der Waals surface area contributed by atoms with Crippen LogP contribution in [0, 0.1) is 0 Å². The number of rotatable bonds is 2. The second kappa shape index (κ2) is 3.66. The molecule has 0 atom stereocenters. The van der Waals surface area contributed by atoms with Crippen molar-refractivity contribution in [2.45, 2.75) is 25.5 Å². The molecular weight excluding hydrogens is 148 g/mol. The van der Waals surface area contributed by atoms with Crippen molar-refractivity contribution in [1.29, 1.82) is 0 Å². The van der Waals surface area contributed by atoms with E-state index in [1.807, 2.05) is 20.8 Å². The Balaban J connectivity index is 3.64. The molecule has 3 heteroatoms. The third-order valence-electron chi connectivity index (χ3n) is 0.632. The molecule has 0 aromatic heterocycles. The maximum absolute atomic E-state index is 9.99. The Kier molecular flexibility index (Phi) is 3.50. The molecule has 0 amide bonds. The molecule has 0 radical (unpaired) electrons. The van der Waals surface area contributed by atoms with Crippen molar-refractivity contribution >= 4 is 17.7 Å². The van der Waals surface area contributed by atoms with Crippen LogP contribution in [-0.2, 0) is 4.79 Å². The van der Waals surface area contributed by atoms with Crippen LogP contribution in [0.5, 0.6) is 0 Å². The first-order valence-corrected chi connectivity index (χ1v) is 3.87. The third kappa shape index (κ3) is 7.56. The van der Waals surface area contributed by atoms with E-state index < -0.39 is 5.97 Å². The maximum Gasteiger partial charge on any atom is 0.328 e. The summed E-state index contributed by atoms with van der Waals surface area (Å²) < 4.78 is 0.103. The fourth-order valence-electron chi connectivity index (χ4n) is 0.296. The van der Waals surface area contributed by atoms with Crippen LogP contribution in [0.2, 0.25) is 0 Å². The molecule has 0 saturated carbocycles. The lowest BCUT2D eigenvalue weighted by Crippen LogP contribution is -2.04. The molecule has 58 valence electrons. The van der Waals surface area contributed by atoms with Crippen molar-refractivity contribution in [2.75, 3.05) is 0 Å². The molecule has 0 aromatic rings. The molecule has 10 heavy (non-hydrogen) atoms. The van der Waals surface area contributed by atoms with Gasteiger partial charge in [-0.05, 0) is 5.41 Å². The van der Waals surface area contributed by atoms with Crippen molar-refractivity contribution < 1.29 is 9.90 Å². The first kappa shape index (κ1) is 9.56. The van der Waals surface area contributed by atoms with Crippen molar-refractivity contribution in [3.05, 3.63) is 11.5 Å². The van der Waals surface area contributed by atoms with E-state index in [1.165, 1.54) is 11.8 Å². The summed E-state index contributed by atoms with van der Waals surface area (Å²) in [5.74, 6) is -0.892. The summed E-state index contributed by atoms with van der Waals surface area (Å²) in [6.45, 7) is 6.09. The summed E-state index contributed by atoms with van der Waals surface area (Å²) in [5, 5.41) is 9.81. The van der Waals surface area contributed by atoms with Crippen LogP contribution < -0.4 is 0 Å². The lowest BCUT2D eigenvalue weighted by Gasteiger charge is -2.13. The van der Waals surface area contributed by atoms with Gasteiger partial charge in [0.2, 0.25) is 0 Å². The number of hydrogen-bond donors (Lipinski definition) is 1. The highest BCUT2D eigenvalue weighted by Gasteiger charge is 2.07. The zero-order chi connectivity index (χ0) is 8.20. The second-order valence-electron chi connectivity index (χ2n) is 2.87. The summed E-state index contributed by atoms with van der Waals surface area (Å²) in [7, 11) is 0. The molecule has 0 rings (SSSR count). The predicted molar refractivity (Wildman–Crippen MR) is 44.1 cm³/mol. The smallest absolute Gasteiger partial charge is 0.328 e. The van der Waals surface area contributed by atoms with Gasteiger partial charge in [-0.2, -0.15) is 0 Å². The average molecular weight is 160 g/mol. The fraction of sp³-hybridized carbons (Fsp3) is 0.571. The highest BCUT2D eigenvalue weighted by atomic mass is 32.2. The van der Waals surface area contributed by atoms with Crippen LogP contribution in [0.1, 0.15) is 20.8 Å². The van der Waals surface area contributed by atoms with Gasteiger partial charge in [0.05, 0.1) is 0 Å². The maximum atomic E-state index is 9.99. The van der Waals surface area contributed by atoms with E-state index in [2.05, 4.69) is 0 Å². The van der Waals surface area contributed by atoms with Gasteiger partial charge in [-0.3, -0.25) is 0 Å². The summed E-state index contributed by atoms with van der Waals surface area (Å²) in [5.41, 5.74) is 0. The Morgan fingerprint density at radius 2 is 2.00 bits per heavy atom. The van der Waals surface area contributed by atoms with Gasteiger partial charge in [-0.15, -0.1) is 11.8 Å². The van der Waals surface area contributed by atoms with E-state index in [0.717, 1.165) is 6.08 Å². The topological polar surface area (TPSA) is 37.3 Å². The standard InChI is InChI=1S/C7H12O2S/c1-7(2,3)10-5-4-6(8)9/h4-5H,1-3H3,(H,8,9)/b5-4+. The summed E-state index contributed by atoms with van der Waals surface area (Å²) in [6, 6.07) is 0. The van der Waals surface area contributed by atoms with Gasteiger partial charge in [-0.25, -0.2) is 4.79 Å². The molecular formula is C7H12O2S. The Labute approximate surface area is 65.3 Å². The van der Waals surface area contributed by atoms with E-state index in [-0.39, 0.29) is 4.75 Å². The molecule has 0 saturated heterocycles.